The number of carbonyl (C=O) groups excluding carboxylic acids is 1. The van der Waals surface area contributed by atoms with Crippen molar-refractivity contribution < 1.29 is 4.79 Å². The normalized spacial score (nSPS) is 13.2. The van der Waals surface area contributed by atoms with Crippen molar-refractivity contribution in [3.8, 4) is 17.2 Å². The summed E-state index contributed by atoms with van der Waals surface area (Å²) in [6, 6.07) is 8.28. The lowest BCUT2D eigenvalue weighted by Gasteiger charge is -2.28. The predicted octanol–water partition coefficient (Wildman–Crippen LogP) is 2.67. The molecule has 0 radical (unpaired) electrons. The molecule has 1 N–H and O–H groups in total. The minimum Gasteiger partial charge on any atom is -0.374 e. The predicted molar refractivity (Wildman–Crippen MR) is 94.1 cm³/mol. The smallest absolute Gasteiger partial charge is 0.269 e. The molecule has 1 aliphatic rings. The average Bonchev–Trinajstić information content (AvgIpc) is 2.60. The number of hydrogen-bond donors (Lipinski definition) is 1. The molecule has 122 valence electrons. The van der Waals surface area contributed by atoms with Gasteiger partial charge in [0, 0.05) is 43.7 Å². The van der Waals surface area contributed by atoms with Gasteiger partial charge in [-0.25, -0.2) is 0 Å². The van der Waals surface area contributed by atoms with Crippen LogP contribution in [-0.4, -0.2) is 31.5 Å². The van der Waals surface area contributed by atoms with E-state index in [1.54, 1.807) is 13.2 Å². The van der Waals surface area contributed by atoms with Gasteiger partial charge in [0.15, 0.2) is 0 Å². The van der Waals surface area contributed by atoms with E-state index in [1.165, 1.54) is 5.56 Å². The van der Waals surface area contributed by atoms with Crippen LogP contribution in [0.5, 0.6) is 0 Å². The first-order chi connectivity index (χ1) is 11.5. The molecule has 2 aromatic rings. The van der Waals surface area contributed by atoms with Crippen molar-refractivity contribution in [1.29, 1.82) is 5.26 Å². The van der Waals surface area contributed by atoms with E-state index in [1.807, 2.05) is 19.1 Å². The zero-order valence-corrected chi connectivity index (χ0v) is 14.2. The van der Waals surface area contributed by atoms with Crippen LogP contribution in [-0.2, 0) is 6.42 Å². The SMILES string of the molecule is CNC(=O)c1ncc(-c2cc3c(cc2C#N)N(C)CCC3)cc1C. The minimum atomic E-state index is -0.202. The number of anilines is 1. The monoisotopic (exact) mass is 320 g/mol. The maximum absolute atomic E-state index is 11.8. The van der Waals surface area contributed by atoms with Gasteiger partial charge < -0.3 is 10.2 Å². The quantitative estimate of drug-likeness (QED) is 0.923. The van der Waals surface area contributed by atoms with E-state index >= 15 is 0 Å². The fourth-order valence-corrected chi connectivity index (χ4v) is 3.23. The van der Waals surface area contributed by atoms with Crippen LogP contribution in [0.15, 0.2) is 24.4 Å². The third kappa shape index (κ3) is 2.71. The Labute approximate surface area is 141 Å². The summed E-state index contributed by atoms with van der Waals surface area (Å²) in [5.41, 5.74) is 5.98. The third-order valence-corrected chi connectivity index (χ3v) is 4.52. The number of nitrogens with zero attached hydrogens (tertiary/aromatic N) is 3. The Morgan fingerprint density at radius 1 is 1.38 bits per heavy atom. The number of aromatic nitrogens is 1. The van der Waals surface area contributed by atoms with E-state index in [4.69, 9.17) is 0 Å². The zero-order valence-electron chi connectivity index (χ0n) is 14.2. The molecular weight excluding hydrogens is 300 g/mol. The Morgan fingerprint density at radius 2 is 2.17 bits per heavy atom. The second kappa shape index (κ2) is 6.32. The van der Waals surface area contributed by atoms with Crippen molar-refractivity contribution in [3.05, 3.63) is 46.8 Å². The second-order valence-corrected chi connectivity index (χ2v) is 6.13. The fraction of sp³-hybridized carbons (Fsp3) is 0.316. The summed E-state index contributed by atoms with van der Waals surface area (Å²) in [7, 11) is 3.65. The maximum atomic E-state index is 11.8. The largest absolute Gasteiger partial charge is 0.374 e. The highest BCUT2D eigenvalue weighted by atomic mass is 16.1. The van der Waals surface area contributed by atoms with Gasteiger partial charge in [-0.3, -0.25) is 9.78 Å². The fourth-order valence-electron chi connectivity index (χ4n) is 3.23. The molecule has 24 heavy (non-hydrogen) atoms. The summed E-state index contributed by atoms with van der Waals surface area (Å²) in [6.45, 7) is 2.87. The number of nitriles is 1. The van der Waals surface area contributed by atoms with Crippen molar-refractivity contribution in [2.45, 2.75) is 19.8 Å². The minimum absolute atomic E-state index is 0.202. The Bertz CT molecular complexity index is 851. The molecule has 3 rings (SSSR count). The standard InChI is InChI=1S/C19H20N4O/c1-12-7-15(11-22-18(12)19(24)21-2)16-8-13-5-4-6-23(3)17(13)9-14(16)10-20/h7-9,11H,4-6H2,1-3H3,(H,21,24). The molecule has 5 heteroatoms. The van der Waals surface area contributed by atoms with Gasteiger partial charge >= 0.3 is 0 Å². The molecule has 5 nitrogen and oxygen atoms in total. The Balaban J connectivity index is 2.11. The Morgan fingerprint density at radius 3 is 2.83 bits per heavy atom. The molecule has 0 atom stereocenters. The highest BCUT2D eigenvalue weighted by molar-refractivity contribution is 5.94. The number of fused-ring (bicyclic) bond motifs is 1. The average molecular weight is 320 g/mol. The van der Waals surface area contributed by atoms with Gasteiger partial charge in [-0.2, -0.15) is 5.26 Å². The van der Waals surface area contributed by atoms with E-state index in [0.29, 0.717) is 11.3 Å². The molecule has 1 aromatic carbocycles. The first-order valence-corrected chi connectivity index (χ1v) is 8.02. The lowest BCUT2D eigenvalue weighted by atomic mass is 9.92. The molecule has 1 aliphatic heterocycles. The van der Waals surface area contributed by atoms with E-state index in [-0.39, 0.29) is 5.91 Å². The van der Waals surface area contributed by atoms with Crippen LogP contribution in [0, 0.1) is 18.3 Å². The van der Waals surface area contributed by atoms with Gasteiger partial charge in [-0.05, 0) is 49.1 Å². The van der Waals surface area contributed by atoms with E-state index in [9.17, 15) is 10.1 Å². The number of benzene rings is 1. The molecule has 2 heterocycles. The number of aryl methyl sites for hydroxylation is 2. The maximum Gasteiger partial charge on any atom is 0.269 e. The van der Waals surface area contributed by atoms with Gasteiger partial charge in [-0.15, -0.1) is 0 Å². The molecule has 1 aromatic heterocycles. The van der Waals surface area contributed by atoms with E-state index in [0.717, 1.165) is 41.8 Å². The van der Waals surface area contributed by atoms with Crippen LogP contribution in [0.4, 0.5) is 5.69 Å². The molecule has 0 spiro atoms. The van der Waals surface area contributed by atoms with Gasteiger partial charge in [0.05, 0.1) is 11.6 Å². The van der Waals surface area contributed by atoms with E-state index < -0.39 is 0 Å². The number of pyridine rings is 1. The second-order valence-electron chi connectivity index (χ2n) is 6.13. The Kier molecular flexibility index (Phi) is 4.22. The van der Waals surface area contributed by atoms with Crippen molar-refractivity contribution in [2.75, 3.05) is 25.5 Å². The van der Waals surface area contributed by atoms with Gasteiger partial charge in [0.2, 0.25) is 0 Å². The number of rotatable bonds is 2. The van der Waals surface area contributed by atoms with Crippen molar-refractivity contribution >= 4 is 11.6 Å². The molecule has 0 saturated carbocycles. The summed E-state index contributed by atoms with van der Waals surface area (Å²) in [5.74, 6) is -0.202. The molecule has 0 bridgehead atoms. The zero-order chi connectivity index (χ0) is 17.3. The first-order valence-electron chi connectivity index (χ1n) is 8.02. The highest BCUT2D eigenvalue weighted by Crippen LogP contribution is 2.34. The molecule has 0 aliphatic carbocycles. The van der Waals surface area contributed by atoms with Gasteiger partial charge in [0.1, 0.15) is 5.69 Å². The van der Waals surface area contributed by atoms with Crippen molar-refractivity contribution in [1.82, 2.24) is 10.3 Å². The summed E-state index contributed by atoms with van der Waals surface area (Å²) in [5, 5.41) is 12.2. The van der Waals surface area contributed by atoms with Crippen LogP contribution in [0.25, 0.3) is 11.1 Å². The number of carbonyl (C=O) groups is 1. The molecular formula is C19H20N4O. The Hall–Kier alpha value is -2.87. The van der Waals surface area contributed by atoms with Gasteiger partial charge in [0.25, 0.3) is 5.91 Å². The number of amides is 1. The number of nitrogens with one attached hydrogen (secondary N) is 1. The summed E-state index contributed by atoms with van der Waals surface area (Å²) >= 11 is 0. The topological polar surface area (TPSA) is 69.0 Å². The molecule has 0 fully saturated rings. The lowest BCUT2D eigenvalue weighted by molar-refractivity contribution is 0.0957. The number of hydrogen-bond acceptors (Lipinski definition) is 4. The highest BCUT2D eigenvalue weighted by Gasteiger charge is 2.18. The molecule has 0 unspecified atom stereocenters. The van der Waals surface area contributed by atoms with Crippen LogP contribution in [0.3, 0.4) is 0 Å². The molecule has 1 amide bonds. The summed E-state index contributed by atoms with van der Waals surface area (Å²) < 4.78 is 0. The van der Waals surface area contributed by atoms with Crippen LogP contribution in [0.1, 0.15) is 33.6 Å². The van der Waals surface area contributed by atoms with E-state index in [2.05, 4.69) is 34.4 Å². The summed E-state index contributed by atoms with van der Waals surface area (Å²) in [4.78, 5) is 18.3. The third-order valence-electron chi connectivity index (χ3n) is 4.52. The van der Waals surface area contributed by atoms with Crippen molar-refractivity contribution in [3.63, 3.8) is 0 Å². The molecule has 0 saturated heterocycles. The van der Waals surface area contributed by atoms with Crippen LogP contribution < -0.4 is 10.2 Å². The first kappa shape index (κ1) is 16.0. The van der Waals surface area contributed by atoms with Crippen LogP contribution >= 0.6 is 0 Å². The summed E-state index contributed by atoms with van der Waals surface area (Å²) in [6.07, 6.45) is 3.80. The van der Waals surface area contributed by atoms with Gasteiger partial charge in [-0.1, -0.05) is 0 Å². The lowest BCUT2D eigenvalue weighted by Crippen LogP contribution is -2.24. The van der Waals surface area contributed by atoms with Crippen LogP contribution in [0.2, 0.25) is 0 Å². The van der Waals surface area contributed by atoms with Crippen molar-refractivity contribution in [2.24, 2.45) is 0 Å².